The number of hydrogen-bond acceptors (Lipinski definition) is 23. The van der Waals surface area contributed by atoms with Gasteiger partial charge in [-0.05, 0) is 48.3 Å². The van der Waals surface area contributed by atoms with Crippen LogP contribution < -0.4 is 38.5 Å². The Kier molecular flexibility index (Phi) is 19.0. The molecule has 4 saturated heterocycles. The van der Waals surface area contributed by atoms with Gasteiger partial charge in [-0.3, -0.25) is 42.5 Å². The Morgan fingerprint density at radius 2 is 1.49 bits per heavy atom. The summed E-state index contributed by atoms with van der Waals surface area (Å²) in [7, 11) is 0. The number of nitrogens with one attached hydrogen (secondary N) is 4. The average Bonchev–Trinajstić information content (AvgIpc) is 3.00. The van der Waals surface area contributed by atoms with Gasteiger partial charge in [0.2, 0.25) is 11.8 Å². The zero-order valence-corrected chi connectivity index (χ0v) is 47.3. The first kappa shape index (κ1) is 61.1. The second kappa shape index (κ2) is 25.8. The van der Waals surface area contributed by atoms with Crippen molar-refractivity contribution in [3.8, 4) is 0 Å². The van der Waals surface area contributed by atoms with E-state index in [9.17, 15) is 37.8 Å². The van der Waals surface area contributed by atoms with Gasteiger partial charge >= 0.3 is 31.7 Å². The van der Waals surface area contributed by atoms with E-state index in [1.165, 1.54) is 23.0 Å². The number of nitrogens with two attached hydrogens (primary N) is 3. The number of ether oxygens (including phenoxy) is 4. The number of benzene rings is 1. The number of nitrogen functional groups attached to an aromatic ring is 1. The highest BCUT2D eigenvalue weighted by atomic mass is 32.7. The first-order chi connectivity index (χ1) is 39.5. The van der Waals surface area contributed by atoms with Crippen LogP contribution in [-0.2, 0) is 69.6 Å². The average molecular weight is 1250 g/mol. The Balaban J connectivity index is 0.784. The minimum absolute atomic E-state index is 0.00685. The van der Waals surface area contributed by atoms with Crippen LogP contribution in [0.25, 0.3) is 22.3 Å². The van der Waals surface area contributed by atoms with E-state index in [0.717, 1.165) is 28.4 Å². The van der Waals surface area contributed by atoms with E-state index < -0.39 is 137 Å². The summed E-state index contributed by atoms with van der Waals surface area (Å²) in [6.45, 7) is -7.94. The van der Waals surface area contributed by atoms with Crippen molar-refractivity contribution in [1.82, 2.24) is 54.6 Å². The Morgan fingerprint density at radius 1 is 0.867 bits per heavy atom. The number of imidazole rings is 2. The van der Waals surface area contributed by atoms with Crippen LogP contribution in [0.2, 0.25) is 0 Å². The lowest BCUT2D eigenvalue weighted by Crippen LogP contribution is -2.51. The Morgan fingerprint density at radius 3 is 2.16 bits per heavy atom. The number of nitrogens with zero attached hydrogens (tertiary/aromatic N) is 9. The molecule has 0 bridgehead atoms. The second-order valence-electron chi connectivity index (χ2n) is 19.7. The number of primary amides is 1. The standard InChI is InChI=1S/C45H57F3N16O15P2S2/c1-20(2)30(49)40(66)60-25(4-3-9-52-43(51)67)39(65)59-23-7-5-21(6-8-23)12-73-45(69)62-11-22(46)10-24(62)13-72-44(68)61-36-32-38(56-17-54-36)64(19-58-32)42-29(48)34-27(77-42)15-75-80(70,82)78-33-26(14-74-81(71,83)79-34)76-41(28(33)47)63-18-57-31-35(50)53-16-55-37(31)63/h5-8,16-20,22,24-30,33-34,41-42H,3-4,9-15,49H2,1-2H3,(H,59,65)(H,60,66)(H,70,82)(H,71,83)(H2,50,53,55)(H3,51,52,67)(H,54,56,61,68)/t22-,24-,25-,26+,27+,28+,29+,30-,33+,34+,41+,42+,80?,81?/m0/s1. The maximum atomic E-state index is 16.7. The summed E-state index contributed by atoms with van der Waals surface area (Å²) >= 11 is 9.29. The number of carbonyl (C=O) groups is 5. The van der Waals surface area contributed by atoms with Gasteiger partial charge in [-0.2, -0.15) is 0 Å². The summed E-state index contributed by atoms with van der Waals surface area (Å²) in [4.78, 5) is 100. The van der Waals surface area contributed by atoms with Crippen molar-refractivity contribution in [2.24, 2.45) is 17.4 Å². The number of likely N-dealkylation sites (tertiary alicyclic amines) is 1. The highest BCUT2D eigenvalue weighted by Gasteiger charge is 2.54. The molecule has 1 aromatic carbocycles. The number of aromatic nitrogens is 8. The molecule has 0 spiro atoms. The molecule has 0 radical (unpaired) electrons. The van der Waals surface area contributed by atoms with Crippen LogP contribution >= 0.6 is 25.8 Å². The van der Waals surface area contributed by atoms with Gasteiger partial charge in [-0.1, -0.05) is 38.2 Å². The Hall–Kier alpha value is -6.43. The number of halogens is 3. The predicted octanol–water partition coefficient (Wildman–Crippen LogP) is 2.94. The molecule has 9 rings (SSSR count). The molecule has 0 aliphatic carbocycles. The summed E-state index contributed by atoms with van der Waals surface area (Å²) in [5.41, 5.74) is 17.9. The lowest BCUT2D eigenvalue weighted by Gasteiger charge is -2.29. The molecular weight excluding hydrogens is 1190 g/mol. The minimum atomic E-state index is -4.56. The number of alkyl halides is 3. The predicted molar refractivity (Wildman–Crippen MR) is 289 cm³/mol. The maximum Gasteiger partial charge on any atom is 0.412 e. The van der Waals surface area contributed by atoms with E-state index in [4.69, 9.17) is 66.1 Å². The van der Waals surface area contributed by atoms with Crippen LogP contribution in [0.15, 0.2) is 49.6 Å². The highest BCUT2D eigenvalue weighted by molar-refractivity contribution is 8.44. The molecule has 14 atom stereocenters. The molecule has 11 N–H and O–H groups in total. The van der Waals surface area contributed by atoms with E-state index in [-0.39, 0.29) is 72.4 Å². The lowest BCUT2D eigenvalue weighted by atomic mass is 10.0. The smallest absolute Gasteiger partial charge is 0.412 e. The van der Waals surface area contributed by atoms with Crippen molar-refractivity contribution in [1.29, 1.82) is 0 Å². The van der Waals surface area contributed by atoms with Crippen LogP contribution in [0.3, 0.4) is 0 Å². The zero-order chi connectivity index (χ0) is 59.5. The Bertz CT molecular complexity index is 3310. The molecule has 38 heteroatoms. The van der Waals surface area contributed by atoms with E-state index in [0.29, 0.717) is 17.7 Å². The van der Waals surface area contributed by atoms with Gasteiger partial charge in [0.1, 0.15) is 68.0 Å². The molecule has 5 aromatic rings. The fourth-order valence-corrected chi connectivity index (χ4v) is 12.2. The third-order valence-electron chi connectivity index (χ3n) is 13.6. The van der Waals surface area contributed by atoms with Crippen molar-refractivity contribution in [3.05, 3.63) is 55.1 Å². The molecule has 0 saturated carbocycles. The van der Waals surface area contributed by atoms with Crippen molar-refractivity contribution >= 4 is 107 Å². The van der Waals surface area contributed by atoms with Gasteiger partial charge in [0.25, 0.3) is 0 Å². The van der Waals surface area contributed by atoms with Gasteiger partial charge < -0.3 is 61.5 Å². The van der Waals surface area contributed by atoms with Crippen LogP contribution in [0.4, 0.5) is 44.9 Å². The molecule has 8 heterocycles. The SMILES string of the molecule is CC(C)[C@H](N)C(=O)N[C@@H](CCCNC(N)=O)C(=O)Nc1ccc(COC(=O)N2C[C@@H](F)C[C@H]2COC(=O)Nc2ncnc3c2ncn3[C@@H]2O[C@@H]3COP(=O)(S)O[C@H]4[C@@H](F)[C@H](n5cnc6c(N)ncnc65)O[C@@H]4COP(O)(=S)O[C@H]3[C@H]2F)cc1. The fourth-order valence-electron chi connectivity index (χ4n) is 9.29. The van der Waals surface area contributed by atoms with Gasteiger partial charge in [0, 0.05) is 18.7 Å². The summed E-state index contributed by atoms with van der Waals surface area (Å²) in [5, 5.41) is 10.2. The van der Waals surface area contributed by atoms with Crippen molar-refractivity contribution in [2.45, 2.75) is 113 Å². The van der Waals surface area contributed by atoms with E-state index in [2.05, 4.69) is 63.4 Å². The molecule has 4 aliphatic heterocycles. The topological polar surface area (TPSA) is 413 Å². The zero-order valence-electron chi connectivity index (χ0n) is 43.8. The highest BCUT2D eigenvalue weighted by Crippen LogP contribution is 2.59. The number of thiol groups is 1. The van der Waals surface area contributed by atoms with Crippen molar-refractivity contribution in [3.63, 3.8) is 0 Å². The first-order valence-electron chi connectivity index (χ1n) is 25.5. The number of anilines is 3. The minimum Gasteiger partial charge on any atom is -0.447 e. The molecule has 4 aliphatic rings. The van der Waals surface area contributed by atoms with Crippen LogP contribution in [0.1, 0.15) is 51.1 Å². The number of urea groups is 1. The van der Waals surface area contributed by atoms with Gasteiger partial charge in [0.05, 0.1) is 44.5 Å². The number of carbonyl (C=O) groups excluding carboxylic acids is 5. The molecule has 31 nitrogen and oxygen atoms in total. The third-order valence-corrected chi connectivity index (χ3v) is 16.7. The molecule has 4 fully saturated rings. The number of fused-ring (bicyclic) bond motifs is 4. The quantitative estimate of drug-likeness (QED) is 0.0389. The van der Waals surface area contributed by atoms with Gasteiger partial charge in [-0.15, -0.1) is 0 Å². The number of hydrogen-bond donors (Lipinski definition) is 9. The summed E-state index contributed by atoms with van der Waals surface area (Å²) in [6.07, 6.45) is -12.8. The molecule has 6 amide bonds. The van der Waals surface area contributed by atoms with E-state index in [1.807, 2.05) is 0 Å². The molecule has 450 valence electrons. The molecule has 2 unspecified atom stereocenters. The first-order valence-corrected chi connectivity index (χ1v) is 30.8. The number of amides is 6. The lowest BCUT2D eigenvalue weighted by molar-refractivity contribution is -0.128. The Labute approximate surface area is 478 Å². The van der Waals surface area contributed by atoms with Crippen LogP contribution in [0.5, 0.6) is 0 Å². The molecule has 4 aromatic heterocycles. The fraction of sp³-hybridized carbons (Fsp3) is 0.533. The largest absolute Gasteiger partial charge is 0.447 e. The molecule has 83 heavy (non-hydrogen) atoms. The van der Waals surface area contributed by atoms with Gasteiger partial charge in [0.15, 0.2) is 53.2 Å². The maximum absolute atomic E-state index is 16.7. The summed E-state index contributed by atoms with van der Waals surface area (Å²) < 4.78 is 109. The third kappa shape index (κ3) is 14.4. The van der Waals surface area contributed by atoms with Crippen LogP contribution in [-0.4, -0.2) is 173 Å². The number of rotatable bonds is 16. The van der Waals surface area contributed by atoms with E-state index >= 15 is 8.78 Å². The van der Waals surface area contributed by atoms with Crippen LogP contribution in [0, 0.1) is 5.92 Å². The molecular formula is C45H57F3N16O15P2S2. The van der Waals surface area contributed by atoms with Crippen molar-refractivity contribution < 1.29 is 83.6 Å². The monoisotopic (exact) mass is 1240 g/mol. The van der Waals surface area contributed by atoms with Crippen molar-refractivity contribution in [2.75, 3.05) is 49.3 Å². The van der Waals surface area contributed by atoms with E-state index in [1.54, 1.807) is 26.0 Å². The summed E-state index contributed by atoms with van der Waals surface area (Å²) in [5.74, 6) is -1.50. The summed E-state index contributed by atoms with van der Waals surface area (Å²) in [6, 6.07) is 2.64. The second-order valence-corrected chi connectivity index (χ2v) is 25.4. The van der Waals surface area contributed by atoms with Gasteiger partial charge in [-0.25, -0.2) is 62.0 Å². The normalized spacial score (nSPS) is 29.0.